The standard InChI is InChI=1S/C11H16ClN3O/c1-2-16-7-9-4-3-5-15(9)11-6-10(12)13-8-14-11/h6,8-9H,2-5,7H2,1H3. The highest BCUT2D eigenvalue weighted by molar-refractivity contribution is 6.29. The average Bonchev–Trinajstić information content (AvgIpc) is 2.74. The van der Waals surface area contributed by atoms with Gasteiger partial charge in [-0.1, -0.05) is 11.6 Å². The van der Waals surface area contributed by atoms with Gasteiger partial charge in [0.05, 0.1) is 12.6 Å². The summed E-state index contributed by atoms with van der Waals surface area (Å²) in [5.41, 5.74) is 0. The molecule has 2 rings (SSSR count). The Balaban J connectivity index is 2.07. The summed E-state index contributed by atoms with van der Waals surface area (Å²) in [6.45, 7) is 4.55. The molecule has 1 aliphatic heterocycles. The van der Waals surface area contributed by atoms with Crippen LogP contribution in [0.5, 0.6) is 0 Å². The zero-order valence-electron chi connectivity index (χ0n) is 9.40. The number of halogens is 1. The highest BCUT2D eigenvalue weighted by Gasteiger charge is 2.25. The fourth-order valence-electron chi connectivity index (χ4n) is 2.05. The van der Waals surface area contributed by atoms with Crippen molar-refractivity contribution in [1.29, 1.82) is 0 Å². The fraction of sp³-hybridized carbons (Fsp3) is 0.636. The van der Waals surface area contributed by atoms with E-state index < -0.39 is 0 Å². The zero-order chi connectivity index (χ0) is 11.4. The van der Waals surface area contributed by atoms with Crippen molar-refractivity contribution < 1.29 is 4.74 Å². The van der Waals surface area contributed by atoms with Gasteiger partial charge >= 0.3 is 0 Å². The first-order valence-electron chi connectivity index (χ1n) is 5.63. The number of hydrogen-bond acceptors (Lipinski definition) is 4. The van der Waals surface area contributed by atoms with Crippen LogP contribution in [0.2, 0.25) is 5.15 Å². The number of nitrogens with zero attached hydrogens (tertiary/aromatic N) is 3. The second-order valence-electron chi connectivity index (χ2n) is 3.85. The Hall–Kier alpha value is -0.870. The highest BCUT2D eigenvalue weighted by atomic mass is 35.5. The van der Waals surface area contributed by atoms with Crippen LogP contribution in [0.15, 0.2) is 12.4 Å². The number of anilines is 1. The van der Waals surface area contributed by atoms with E-state index in [1.165, 1.54) is 12.7 Å². The van der Waals surface area contributed by atoms with Gasteiger partial charge in [0, 0.05) is 19.2 Å². The van der Waals surface area contributed by atoms with Gasteiger partial charge in [0.2, 0.25) is 0 Å². The lowest BCUT2D eigenvalue weighted by Gasteiger charge is -2.25. The Morgan fingerprint density at radius 2 is 2.44 bits per heavy atom. The van der Waals surface area contributed by atoms with Crippen LogP contribution in [0, 0.1) is 0 Å². The molecule has 1 atom stereocenters. The summed E-state index contributed by atoms with van der Waals surface area (Å²) in [4.78, 5) is 10.4. The lowest BCUT2D eigenvalue weighted by Crippen LogP contribution is -2.33. The minimum Gasteiger partial charge on any atom is -0.380 e. The number of hydrogen-bond donors (Lipinski definition) is 0. The predicted molar refractivity (Wildman–Crippen MR) is 63.9 cm³/mol. The van der Waals surface area contributed by atoms with Crippen LogP contribution in [0.1, 0.15) is 19.8 Å². The van der Waals surface area contributed by atoms with Crippen molar-refractivity contribution in [2.75, 3.05) is 24.7 Å². The molecule has 16 heavy (non-hydrogen) atoms. The Morgan fingerprint density at radius 1 is 1.56 bits per heavy atom. The monoisotopic (exact) mass is 241 g/mol. The molecule has 1 aliphatic rings. The van der Waals surface area contributed by atoms with Crippen LogP contribution in [0.25, 0.3) is 0 Å². The zero-order valence-corrected chi connectivity index (χ0v) is 10.2. The third kappa shape index (κ3) is 2.62. The normalized spacial score (nSPS) is 20.4. The van der Waals surface area contributed by atoms with E-state index in [-0.39, 0.29) is 0 Å². The fourth-order valence-corrected chi connectivity index (χ4v) is 2.19. The summed E-state index contributed by atoms with van der Waals surface area (Å²) in [5, 5.41) is 0.493. The van der Waals surface area contributed by atoms with Crippen LogP contribution in [-0.4, -0.2) is 35.8 Å². The van der Waals surface area contributed by atoms with Gasteiger partial charge in [-0.3, -0.25) is 0 Å². The van der Waals surface area contributed by atoms with Gasteiger partial charge in [-0.25, -0.2) is 9.97 Å². The van der Waals surface area contributed by atoms with Crippen molar-refractivity contribution in [2.24, 2.45) is 0 Å². The smallest absolute Gasteiger partial charge is 0.134 e. The van der Waals surface area contributed by atoms with Crippen LogP contribution in [0.3, 0.4) is 0 Å². The second-order valence-corrected chi connectivity index (χ2v) is 4.24. The van der Waals surface area contributed by atoms with Gasteiger partial charge in [-0.2, -0.15) is 0 Å². The van der Waals surface area contributed by atoms with Gasteiger partial charge < -0.3 is 9.64 Å². The molecule has 1 aromatic rings. The summed E-state index contributed by atoms with van der Waals surface area (Å²) in [6.07, 6.45) is 3.84. The van der Waals surface area contributed by atoms with E-state index in [4.69, 9.17) is 16.3 Å². The maximum atomic E-state index is 5.87. The predicted octanol–water partition coefficient (Wildman–Crippen LogP) is 2.14. The Labute approximate surface area is 101 Å². The molecule has 0 spiro atoms. The van der Waals surface area contributed by atoms with E-state index in [9.17, 15) is 0 Å². The molecule has 0 aromatic carbocycles. The van der Waals surface area contributed by atoms with E-state index in [0.717, 1.165) is 32.0 Å². The molecule has 0 radical (unpaired) electrons. The van der Waals surface area contributed by atoms with Crippen LogP contribution < -0.4 is 4.90 Å². The molecule has 2 heterocycles. The Bertz CT molecular complexity index is 348. The van der Waals surface area contributed by atoms with Crippen LogP contribution >= 0.6 is 11.6 Å². The number of rotatable bonds is 4. The number of aromatic nitrogens is 2. The molecule has 88 valence electrons. The van der Waals surface area contributed by atoms with Crippen molar-refractivity contribution >= 4 is 17.4 Å². The first-order chi connectivity index (χ1) is 7.81. The minimum atomic E-state index is 0.422. The maximum absolute atomic E-state index is 5.87. The second kappa shape index (κ2) is 5.46. The lowest BCUT2D eigenvalue weighted by atomic mass is 10.2. The maximum Gasteiger partial charge on any atom is 0.134 e. The third-order valence-electron chi connectivity index (χ3n) is 2.81. The minimum absolute atomic E-state index is 0.422. The van der Waals surface area contributed by atoms with Gasteiger partial charge in [-0.15, -0.1) is 0 Å². The van der Waals surface area contributed by atoms with Crippen LogP contribution in [0.4, 0.5) is 5.82 Å². The molecular formula is C11H16ClN3O. The van der Waals surface area contributed by atoms with Crippen molar-refractivity contribution in [3.05, 3.63) is 17.5 Å². The molecule has 0 N–H and O–H groups in total. The molecule has 1 unspecified atom stereocenters. The van der Waals surface area contributed by atoms with Crippen molar-refractivity contribution in [3.8, 4) is 0 Å². The molecule has 1 fully saturated rings. The summed E-state index contributed by atoms with van der Waals surface area (Å²) in [5.74, 6) is 0.905. The molecule has 5 heteroatoms. The average molecular weight is 242 g/mol. The first kappa shape index (κ1) is 11.6. The van der Waals surface area contributed by atoms with E-state index in [0.29, 0.717) is 11.2 Å². The molecular weight excluding hydrogens is 226 g/mol. The first-order valence-corrected chi connectivity index (χ1v) is 6.01. The van der Waals surface area contributed by atoms with Crippen molar-refractivity contribution in [2.45, 2.75) is 25.8 Å². The molecule has 1 saturated heterocycles. The number of ether oxygens (including phenoxy) is 1. The van der Waals surface area contributed by atoms with Crippen molar-refractivity contribution in [3.63, 3.8) is 0 Å². The van der Waals surface area contributed by atoms with E-state index in [2.05, 4.69) is 14.9 Å². The summed E-state index contributed by atoms with van der Waals surface area (Å²) >= 11 is 5.87. The summed E-state index contributed by atoms with van der Waals surface area (Å²) in [6, 6.07) is 2.23. The van der Waals surface area contributed by atoms with Gasteiger partial charge in [-0.05, 0) is 19.8 Å². The molecule has 0 bridgehead atoms. The molecule has 0 saturated carbocycles. The quantitative estimate of drug-likeness (QED) is 0.757. The van der Waals surface area contributed by atoms with Crippen LogP contribution in [-0.2, 0) is 4.74 Å². The highest BCUT2D eigenvalue weighted by Crippen LogP contribution is 2.24. The summed E-state index contributed by atoms with van der Waals surface area (Å²) in [7, 11) is 0. The molecule has 0 amide bonds. The Kier molecular flexibility index (Phi) is 3.96. The van der Waals surface area contributed by atoms with E-state index in [1.54, 1.807) is 0 Å². The Morgan fingerprint density at radius 3 is 3.19 bits per heavy atom. The van der Waals surface area contributed by atoms with Gasteiger partial charge in [0.25, 0.3) is 0 Å². The molecule has 4 nitrogen and oxygen atoms in total. The molecule has 1 aromatic heterocycles. The SMILES string of the molecule is CCOCC1CCCN1c1cc(Cl)ncn1. The van der Waals surface area contributed by atoms with E-state index in [1.807, 2.05) is 13.0 Å². The summed E-state index contributed by atoms with van der Waals surface area (Å²) < 4.78 is 5.48. The largest absolute Gasteiger partial charge is 0.380 e. The third-order valence-corrected chi connectivity index (χ3v) is 3.01. The molecule has 0 aliphatic carbocycles. The van der Waals surface area contributed by atoms with Gasteiger partial charge in [0.15, 0.2) is 0 Å². The lowest BCUT2D eigenvalue weighted by molar-refractivity contribution is 0.134. The topological polar surface area (TPSA) is 38.2 Å². The van der Waals surface area contributed by atoms with Gasteiger partial charge in [0.1, 0.15) is 17.3 Å². The van der Waals surface area contributed by atoms with E-state index >= 15 is 0 Å². The van der Waals surface area contributed by atoms with Crippen molar-refractivity contribution in [1.82, 2.24) is 9.97 Å².